The molecule has 0 aromatic carbocycles. The second-order valence-corrected chi connectivity index (χ2v) is 6.62. The SMILES string of the molecule is CC(C)(O)CN=C1NC(=O)S/C1=C\C1CCNCC1.Cl.Cl. The van der Waals surface area contributed by atoms with Gasteiger partial charge in [-0.05, 0) is 57.5 Å². The number of allylic oxidation sites excluding steroid dienone is 1. The molecule has 2 fully saturated rings. The zero-order valence-electron chi connectivity index (χ0n) is 12.2. The summed E-state index contributed by atoms with van der Waals surface area (Å²) in [5.41, 5.74) is -0.856. The average Bonchev–Trinajstić information content (AvgIpc) is 2.67. The number of carbonyl (C=O) groups is 1. The van der Waals surface area contributed by atoms with Crippen LogP contribution in [0.3, 0.4) is 0 Å². The van der Waals surface area contributed by atoms with Crippen LogP contribution in [-0.4, -0.2) is 41.4 Å². The molecule has 0 bridgehead atoms. The first kappa shape index (κ1) is 20.7. The van der Waals surface area contributed by atoms with Gasteiger partial charge in [-0.15, -0.1) is 24.8 Å². The zero-order chi connectivity index (χ0) is 13.9. The Morgan fingerprint density at radius 3 is 2.57 bits per heavy atom. The number of amidine groups is 1. The molecule has 1 amide bonds. The summed E-state index contributed by atoms with van der Waals surface area (Å²) in [7, 11) is 0. The third kappa shape index (κ3) is 7.02. The van der Waals surface area contributed by atoms with Gasteiger partial charge in [0, 0.05) is 0 Å². The molecule has 0 saturated carbocycles. The standard InChI is InChI=1S/C13H21N3O2S.2ClH/c1-13(2,18)8-15-11-10(19-12(17)16-11)7-9-3-5-14-6-4-9;;/h7,9,14,18H,3-6,8H2,1-2H3,(H,15,16,17);2*1H/b10-7-;;. The Balaban J connectivity index is 0.00000200. The molecule has 0 radical (unpaired) electrons. The van der Waals surface area contributed by atoms with Crippen molar-refractivity contribution in [3.8, 4) is 0 Å². The summed E-state index contributed by atoms with van der Waals surface area (Å²) in [4.78, 5) is 16.7. The molecule has 2 rings (SSSR count). The van der Waals surface area contributed by atoms with Gasteiger partial charge < -0.3 is 15.7 Å². The number of carbonyl (C=O) groups excluding carboxylic acids is 1. The molecule has 122 valence electrons. The van der Waals surface area contributed by atoms with Crippen molar-refractivity contribution in [3.05, 3.63) is 11.0 Å². The van der Waals surface area contributed by atoms with Crippen LogP contribution in [-0.2, 0) is 0 Å². The molecule has 2 aliphatic rings. The second kappa shape index (κ2) is 9.00. The number of halogens is 2. The maximum atomic E-state index is 11.5. The van der Waals surface area contributed by atoms with Crippen molar-refractivity contribution in [1.82, 2.24) is 10.6 Å². The van der Waals surface area contributed by atoms with Gasteiger partial charge in [-0.3, -0.25) is 9.79 Å². The molecule has 5 nitrogen and oxygen atoms in total. The zero-order valence-corrected chi connectivity index (χ0v) is 14.7. The number of amides is 1. The molecule has 21 heavy (non-hydrogen) atoms. The summed E-state index contributed by atoms with van der Waals surface area (Å²) in [5.74, 6) is 1.11. The van der Waals surface area contributed by atoms with Crippen LogP contribution < -0.4 is 10.6 Å². The van der Waals surface area contributed by atoms with Crippen LogP contribution in [0.5, 0.6) is 0 Å². The molecule has 3 N–H and O–H groups in total. The quantitative estimate of drug-likeness (QED) is 0.726. The molecule has 0 unspecified atom stereocenters. The predicted molar refractivity (Wildman–Crippen MR) is 92.9 cm³/mol. The van der Waals surface area contributed by atoms with Gasteiger partial charge in [-0.2, -0.15) is 0 Å². The Morgan fingerprint density at radius 2 is 2.00 bits per heavy atom. The minimum absolute atomic E-state index is 0. The lowest BCUT2D eigenvalue weighted by atomic mass is 9.97. The van der Waals surface area contributed by atoms with Gasteiger partial charge in [-0.1, -0.05) is 6.08 Å². The molecule has 0 spiro atoms. The van der Waals surface area contributed by atoms with E-state index in [1.807, 2.05) is 0 Å². The number of hydrogen-bond donors (Lipinski definition) is 3. The molecule has 0 atom stereocenters. The summed E-state index contributed by atoms with van der Waals surface area (Å²) in [6.07, 6.45) is 4.33. The number of nitrogens with zero attached hydrogens (tertiary/aromatic N) is 1. The number of thioether (sulfide) groups is 1. The third-order valence-corrected chi connectivity index (χ3v) is 3.89. The first-order chi connectivity index (χ1) is 8.94. The van der Waals surface area contributed by atoms with Crippen molar-refractivity contribution in [2.45, 2.75) is 32.3 Å². The number of aliphatic hydroxyl groups is 1. The fourth-order valence-electron chi connectivity index (χ4n) is 2.06. The van der Waals surface area contributed by atoms with E-state index in [2.05, 4.69) is 21.7 Å². The lowest BCUT2D eigenvalue weighted by molar-refractivity contribution is 0.0904. The van der Waals surface area contributed by atoms with Crippen molar-refractivity contribution in [2.24, 2.45) is 10.9 Å². The lowest BCUT2D eigenvalue weighted by Gasteiger charge is -2.20. The minimum Gasteiger partial charge on any atom is -0.389 e. The van der Waals surface area contributed by atoms with Gasteiger partial charge in [-0.25, -0.2) is 0 Å². The highest BCUT2D eigenvalue weighted by Crippen LogP contribution is 2.28. The Hall–Kier alpha value is -0.270. The Kier molecular flexibility index (Phi) is 8.89. The van der Waals surface area contributed by atoms with E-state index in [1.54, 1.807) is 13.8 Å². The summed E-state index contributed by atoms with van der Waals surface area (Å²) in [6, 6.07) is 0. The highest BCUT2D eigenvalue weighted by atomic mass is 35.5. The highest BCUT2D eigenvalue weighted by Gasteiger charge is 2.25. The van der Waals surface area contributed by atoms with E-state index in [0.29, 0.717) is 11.8 Å². The van der Waals surface area contributed by atoms with E-state index in [-0.39, 0.29) is 36.6 Å². The van der Waals surface area contributed by atoms with Crippen LogP contribution in [0.15, 0.2) is 16.0 Å². The Morgan fingerprint density at radius 1 is 1.38 bits per heavy atom. The van der Waals surface area contributed by atoms with Gasteiger partial charge in [0.25, 0.3) is 5.24 Å². The molecule has 0 aromatic rings. The molecule has 2 saturated heterocycles. The molecule has 2 aliphatic heterocycles. The molecule has 8 heteroatoms. The number of nitrogens with one attached hydrogen (secondary N) is 2. The molecular weight excluding hydrogens is 333 g/mol. The summed E-state index contributed by atoms with van der Waals surface area (Å²) < 4.78 is 0. The van der Waals surface area contributed by atoms with Crippen molar-refractivity contribution in [2.75, 3.05) is 19.6 Å². The van der Waals surface area contributed by atoms with Crippen LogP contribution in [0.25, 0.3) is 0 Å². The van der Waals surface area contributed by atoms with Crippen LogP contribution in [0.2, 0.25) is 0 Å². The maximum absolute atomic E-state index is 11.5. The van der Waals surface area contributed by atoms with E-state index < -0.39 is 5.60 Å². The topological polar surface area (TPSA) is 73.7 Å². The lowest BCUT2D eigenvalue weighted by Crippen LogP contribution is -2.28. The Labute approximate surface area is 142 Å². The predicted octanol–water partition coefficient (Wildman–Crippen LogP) is 2.34. The fraction of sp³-hybridized carbons (Fsp3) is 0.692. The first-order valence-corrected chi connectivity index (χ1v) is 7.44. The normalized spacial score (nSPS) is 23.7. The van der Waals surface area contributed by atoms with Gasteiger partial charge in [0.2, 0.25) is 0 Å². The minimum atomic E-state index is -0.856. The molecular formula is C13H23Cl2N3O2S. The third-order valence-electron chi connectivity index (χ3n) is 3.05. The molecule has 2 heterocycles. The van der Waals surface area contributed by atoms with Crippen molar-refractivity contribution in [1.29, 1.82) is 0 Å². The number of piperidine rings is 1. The van der Waals surface area contributed by atoms with Crippen molar-refractivity contribution in [3.63, 3.8) is 0 Å². The number of aliphatic imine (C=N–C) groups is 1. The van der Waals surface area contributed by atoms with Crippen LogP contribution in [0, 0.1) is 5.92 Å². The van der Waals surface area contributed by atoms with Gasteiger partial charge in [0.1, 0.15) is 5.84 Å². The monoisotopic (exact) mass is 355 g/mol. The smallest absolute Gasteiger partial charge is 0.289 e. The van der Waals surface area contributed by atoms with Crippen LogP contribution >= 0.6 is 36.6 Å². The van der Waals surface area contributed by atoms with E-state index in [0.717, 1.165) is 30.8 Å². The second-order valence-electron chi connectivity index (χ2n) is 5.61. The van der Waals surface area contributed by atoms with E-state index in [9.17, 15) is 9.90 Å². The van der Waals surface area contributed by atoms with Gasteiger partial charge >= 0.3 is 0 Å². The largest absolute Gasteiger partial charge is 0.389 e. The van der Waals surface area contributed by atoms with E-state index in [1.165, 1.54) is 11.8 Å². The van der Waals surface area contributed by atoms with Crippen molar-refractivity contribution < 1.29 is 9.90 Å². The van der Waals surface area contributed by atoms with Crippen LogP contribution in [0.4, 0.5) is 4.79 Å². The number of hydrogen-bond acceptors (Lipinski definition) is 5. The first-order valence-electron chi connectivity index (χ1n) is 6.62. The van der Waals surface area contributed by atoms with Gasteiger partial charge in [0.15, 0.2) is 0 Å². The summed E-state index contributed by atoms with van der Waals surface area (Å²) in [5, 5.41) is 15.7. The maximum Gasteiger partial charge on any atom is 0.289 e. The average molecular weight is 356 g/mol. The summed E-state index contributed by atoms with van der Waals surface area (Å²) in [6.45, 7) is 5.74. The molecule has 0 aliphatic carbocycles. The Bertz CT molecular complexity index is 416. The van der Waals surface area contributed by atoms with E-state index in [4.69, 9.17) is 0 Å². The number of rotatable bonds is 3. The van der Waals surface area contributed by atoms with Crippen molar-refractivity contribution >= 4 is 47.7 Å². The van der Waals surface area contributed by atoms with Gasteiger partial charge in [0.05, 0.1) is 17.1 Å². The summed E-state index contributed by atoms with van der Waals surface area (Å²) >= 11 is 1.20. The molecule has 0 aromatic heterocycles. The van der Waals surface area contributed by atoms with E-state index >= 15 is 0 Å². The highest BCUT2D eigenvalue weighted by molar-refractivity contribution is 8.18. The fourth-order valence-corrected chi connectivity index (χ4v) is 2.88. The van der Waals surface area contributed by atoms with Crippen LogP contribution in [0.1, 0.15) is 26.7 Å².